The summed E-state index contributed by atoms with van der Waals surface area (Å²) in [6, 6.07) is 52.8. The predicted octanol–water partition coefficient (Wildman–Crippen LogP) is 11.9. The minimum Gasteiger partial charge on any atom is -0.0619 e. The molecule has 0 atom stereocenters. The first-order valence-electron chi connectivity index (χ1n) is 15.8. The van der Waals surface area contributed by atoms with Crippen LogP contribution in [0.5, 0.6) is 0 Å². The predicted molar refractivity (Wildman–Crippen MR) is 191 cm³/mol. The molecule has 0 fully saturated rings. The van der Waals surface area contributed by atoms with E-state index in [0.717, 1.165) is 4.47 Å². The second kappa shape index (κ2) is 8.71. The Balaban J connectivity index is 1.20. The van der Waals surface area contributed by atoms with Gasteiger partial charge in [-0.3, -0.25) is 0 Å². The zero-order valence-electron chi connectivity index (χ0n) is 25.2. The number of hydrogen-bond donors (Lipinski definition) is 0. The summed E-state index contributed by atoms with van der Waals surface area (Å²) >= 11 is 3.71. The van der Waals surface area contributed by atoms with Crippen molar-refractivity contribution in [1.29, 1.82) is 0 Å². The molecule has 1 spiro atoms. The lowest BCUT2D eigenvalue weighted by Gasteiger charge is -2.31. The molecule has 0 amide bonds. The van der Waals surface area contributed by atoms with Gasteiger partial charge in [-0.2, -0.15) is 0 Å². The van der Waals surface area contributed by atoms with E-state index in [1.807, 2.05) is 0 Å². The summed E-state index contributed by atoms with van der Waals surface area (Å²) in [4.78, 5) is 0. The Kier molecular flexibility index (Phi) is 4.95. The molecule has 3 aliphatic rings. The van der Waals surface area contributed by atoms with Gasteiger partial charge in [0.25, 0.3) is 0 Å². The van der Waals surface area contributed by atoms with E-state index in [9.17, 15) is 0 Å². The molecule has 10 rings (SSSR count). The van der Waals surface area contributed by atoms with E-state index in [4.69, 9.17) is 0 Å². The van der Waals surface area contributed by atoms with E-state index in [1.54, 1.807) is 0 Å². The van der Waals surface area contributed by atoms with Gasteiger partial charge in [0.1, 0.15) is 0 Å². The second-order valence-electron chi connectivity index (χ2n) is 13.4. The summed E-state index contributed by atoms with van der Waals surface area (Å²) in [5, 5.41) is 2.62. The van der Waals surface area contributed by atoms with Crippen LogP contribution >= 0.6 is 15.9 Å². The lowest BCUT2D eigenvalue weighted by Crippen LogP contribution is -2.26. The highest BCUT2D eigenvalue weighted by Gasteiger charge is 2.52. The zero-order chi connectivity index (χ0) is 30.1. The lowest BCUT2D eigenvalue weighted by atomic mass is 9.69. The van der Waals surface area contributed by atoms with E-state index in [2.05, 4.69) is 169 Å². The van der Waals surface area contributed by atoms with Crippen LogP contribution in [-0.2, 0) is 10.8 Å². The fraction of sp³-hybridized carbons (Fsp3) is 0.0909. The van der Waals surface area contributed by atoms with Crippen molar-refractivity contribution in [1.82, 2.24) is 0 Å². The molecule has 0 saturated heterocycles. The molecule has 0 saturated carbocycles. The van der Waals surface area contributed by atoms with Gasteiger partial charge in [0, 0.05) is 9.89 Å². The van der Waals surface area contributed by atoms with Gasteiger partial charge in [-0.1, -0.05) is 145 Å². The molecule has 7 aromatic rings. The van der Waals surface area contributed by atoms with E-state index < -0.39 is 0 Å². The summed E-state index contributed by atoms with van der Waals surface area (Å²) in [5.41, 5.74) is 18.6. The monoisotopic (exact) mass is 636 g/mol. The van der Waals surface area contributed by atoms with Crippen molar-refractivity contribution in [3.05, 3.63) is 177 Å². The normalized spacial score (nSPS) is 15.4. The molecule has 0 heterocycles. The average molecular weight is 638 g/mol. The van der Waals surface area contributed by atoms with Gasteiger partial charge < -0.3 is 0 Å². The van der Waals surface area contributed by atoms with E-state index in [1.165, 1.54) is 88.7 Å². The third kappa shape index (κ3) is 3.12. The number of halogens is 1. The van der Waals surface area contributed by atoms with Gasteiger partial charge in [0.05, 0.1) is 5.41 Å². The van der Waals surface area contributed by atoms with E-state index >= 15 is 0 Å². The van der Waals surface area contributed by atoms with Crippen LogP contribution in [0.3, 0.4) is 0 Å². The number of rotatable bonds is 1. The minimum absolute atomic E-state index is 0.0520. The maximum Gasteiger partial charge on any atom is 0.0731 e. The molecule has 7 aromatic carbocycles. The fourth-order valence-electron chi connectivity index (χ4n) is 9.00. The zero-order valence-corrected chi connectivity index (χ0v) is 26.7. The van der Waals surface area contributed by atoms with Crippen LogP contribution in [0, 0.1) is 0 Å². The summed E-state index contributed by atoms with van der Waals surface area (Å²) < 4.78 is 1.14. The summed E-state index contributed by atoms with van der Waals surface area (Å²) in [6.07, 6.45) is 0. The summed E-state index contributed by atoms with van der Waals surface area (Å²) in [5.74, 6) is 0. The standard InChI is InChI=1S/C44H29Br/c1-43(2)40-24-27(16-20-34(40)35-22-18-29(45)25-41(35)43)26-15-19-30-28(23-26)17-21-36-33-11-5-8-14-39(33)44(42(30)36)37-12-6-3-9-31(37)32-10-4-7-13-38(32)44/h3-25H,1-2H3. The van der Waals surface area contributed by atoms with Crippen LogP contribution < -0.4 is 0 Å². The highest BCUT2D eigenvalue weighted by atomic mass is 79.9. The topological polar surface area (TPSA) is 0 Å². The first-order valence-corrected chi connectivity index (χ1v) is 16.6. The van der Waals surface area contributed by atoms with Crippen LogP contribution in [0.4, 0.5) is 0 Å². The molecule has 0 N–H and O–H groups in total. The van der Waals surface area contributed by atoms with Crippen molar-refractivity contribution in [3.63, 3.8) is 0 Å². The number of benzene rings is 7. The SMILES string of the molecule is CC1(C)c2cc(Br)ccc2-c2ccc(-c3ccc4c5c(ccc4c3)-c3ccccc3C53c4ccccc4-c4ccccc43)cc21. The Morgan fingerprint density at radius 2 is 0.911 bits per heavy atom. The quantitative estimate of drug-likeness (QED) is 0.168. The Morgan fingerprint density at radius 1 is 0.422 bits per heavy atom. The Bertz CT molecular complexity index is 2360. The average Bonchev–Trinajstić information content (AvgIpc) is 3.63. The van der Waals surface area contributed by atoms with Crippen molar-refractivity contribution in [2.75, 3.05) is 0 Å². The third-order valence-electron chi connectivity index (χ3n) is 10.9. The molecular formula is C44H29Br. The maximum atomic E-state index is 3.71. The summed E-state index contributed by atoms with van der Waals surface area (Å²) in [6.45, 7) is 4.71. The number of fused-ring (bicyclic) bond motifs is 15. The second-order valence-corrected chi connectivity index (χ2v) is 14.3. The van der Waals surface area contributed by atoms with Crippen molar-refractivity contribution < 1.29 is 0 Å². The van der Waals surface area contributed by atoms with Crippen LogP contribution in [0.15, 0.2) is 144 Å². The van der Waals surface area contributed by atoms with Crippen molar-refractivity contribution in [2.24, 2.45) is 0 Å². The molecule has 212 valence electrons. The van der Waals surface area contributed by atoms with Crippen molar-refractivity contribution in [3.8, 4) is 44.5 Å². The molecule has 0 aromatic heterocycles. The molecule has 0 bridgehead atoms. The highest BCUT2D eigenvalue weighted by molar-refractivity contribution is 9.10. The van der Waals surface area contributed by atoms with Gasteiger partial charge in [0.2, 0.25) is 0 Å². The number of hydrogen-bond acceptors (Lipinski definition) is 0. The Hall–Kier alpha value is -4.72. The van der Waals surface area contributed by atoms with Gasteiger partial charge in [-0.05, 0) is 113 Å². The molecule has 3 aliphatic carbocycles. The van der Waals surface area contributed by atoms with E-state index in [0.29, 0.717) is 0 Å². The smallest absolute Gasteiger partial charge is 0.0619 e. The van der Waals surface area contributed by atoms with Gasteiger partial charge in [-0.15, -0.1) is 0 Å². The summed E-state index contributed by atoms with van der Waals surface area (Å²) in [7, 11) is 0. The fourth-order valence-corrected chi connectivity index (χ4v) is 9.36. The van der Waals surface area contributed by atoms with Crippen LogP contribution in [0.1, 0.15) is 47.2 Å². The third-order valence-corrected chi connectivity index (χ3v) is 11.4. The molecule has 0 nitrogen and oxygen atoms in total. The molecular weight excluding hydrogens is 608 g/mol. The molecule has 0 unspecified atom stereocenters. The van der Waals surface area contributed by atoms with Crippen molar-refractivity contribution >= 4 is 26.7 Å². The first-order chi connectivity index (χ1) is 22.0. The van der Waals surface area contributed by atoms with Crippen LogP contribution in [0.25, 0.3) is 55.3 Å². The highest BCUT2D eigenvalue weighted by Crippen LogP contribution is 2.64. The lowest BCUT2D eigenvalue weighted by molar-refractivity contribution is 0.660. The Labute approximate surface area is 272 Å². The van der Waals surface area contributed by atoms with Gasteiger partial charge >= 0.3 is 0 Å². The Morgan fingerprint density at radius 3 is 1.58 bits per heavy atom. The first kappa shape index (κ1) is 25.6. The molecule has 45 heavy (non-hydrogen) atoms. The maximum absolute atomic E-state index is 3.71. The van der Waals surface area contributed by atoms with Crippen LogP contribution in [-0.4, -0.2) is 0 Å². The molecule has 1 heteroatoms. The van der Waals surface area contributed by atoms with Gasteiger partial charge in [0.15, 0.2) is 0 Å². The van der Waals surface area contributed by atoms with Crippen molar-refractivity contribution in [2.45, 2.75) is 24.7 Å². The minimum atomic E-state index is -0.336. The van der Waals surface area contributed by atoms with E-state index in [-0.39, 0.29) is 10.8 Å². The largest absolute Gasteiger partial charge is 0.0731 e. The molecule has 0 radical (unpaired) electrons. The van der Waals surface area contributed by atoms with Gasteiger partial charge in [-0.25, -0.2) is 0 Å². The molecule has 0 aliphatic heterocycles. The van der Waals surface area contributed by atoms with Crippen LogP contribution in [0.2, 0.25) is 0 Å².